The minimum Gasteiger partial charge on any atom is -0.384 e. The number of hydrogen-bond acceptors (Lipinski definition) is 4. The van der Waals surface area contributed by atoms with Crippen molar-refractivity contribution < 1.29 is 0 Å². The van der Waals surface area contributed by atoms with Gasteiger partial charge >= 0.3 is 0 Å². The van der Waals surface area contributed by atoms with Crippen LogP contribution < -0.4 is 5.73 Å². The van der Waals surface area contributed by atoms with Gasteiger partial charge in [0.05, 0.1) is 0 Å². The van der Waals surface area contributed by atoms with E-state index in [1.807, 2.05) is 13.0 Å². The van der Waals surface area contributed by atoms with E-state index in [1.54, 1.807) is 11.8 Å². The maximum absolute atomic E-state index is 5.71. The molecule has 0 amide bonds. The summed E-state index contributed by atoms with van der Waals surface area (Å²) in [5.74, 6) is 3.22. The summed E-state index contributed by atoms with van der Waals surface area (Å²) in [7, 11) is 0. The van der Waals surface area contributed by atoms with E-state index in [1.165, 1.54) is 6.42 Å². The summed E-state index contributed by atoms with van der Waals surface area (Å²) in [5.41, 5.74) is 5.71. The van der Waals surface area contributed by atoms with Crippen LogP contribution >= 0.6 is 11.8 Å². The van der Waals surface area contributed by atoms with Gasteiger partial charge in [0.1, 0.15) is 16.7 Å². The summed E-state index contributed by atoms with van der Waals surface area (Å²) in [6.07, 6.45) is 2.04. The highest BCUT2D eigenvalue weighted by Gasteiger charge is 2.04. The Labute approximate surface area is 95.9 Å². The Morgan fingerprint density at radius 3 is 2.73 bits per heavy atom. The monoisotopic (exact) mass is 225 g/mol. The standard InChI is InChI=1S/C11H19N3S/c1-4-8(3)7-15-11-6-9(12)13-10(5-2)14-11/h6,8H,4-5,7H2,1-3H3,(H2,12,13,14). The molecule has 0 saturated heterocycles. The summed E-state index contributed by atoms with van der Waals surface area (Å²) in [6.45, 7) is 6.49. The molecule has 1 heterocycles. The van der Waals surface area contributed by atoms with Crippen LogP contribution in [0.25, 0.3) is 0 Å². The van der Waals surface area contributed by atoms with Crippen LogP contribution in [0.3, 0.4) is 0 Å². The van der Waals surface area contributed by atoms with E-state index in [4.69, 9.17) is 5.73 Å². The molecule has 0 aliphatic heterocycles. The van der Waals surface area contributed by atoms with Crippen molar-refractivity contribution in [2.45, 2.75) is 38.6 Å². The molecule has 0 spiro atoms. The van der Waals surface area contributed by atoms with E-state index in [0.29, 0.717) is 5.82 Å². The Balaban J connectivity index is 2.64. The smallest absolute Gasteiger partial charge is 0.131 e. The lowest BCUT2D eigenvalue weighted by atomic mass is 10.2. The molecular weight excluding hydrogens is 206 g/mol. The predicted octanol–water partition coefficient (Wildman–Crippen LogP) is 2.76. The summed E-state index contributed by atoms with van der Waals surface area (Å²) in [4.78, 5) is 8.58. The van der Waals surface area contributed by atoms with Gasteiger partial charge in [0.25, 0.3) is 0 Å². The first-order chi connectivity index (χ1) is 7.15. The van der Waals surface area contributed by atoms with Gasteiger partial charge in [-0.1, -0.05) is 27.2 Å². The zero-order valence-electron chi connectivity index (χ0n) is 9.66. The van der Waals surface area contributed by atoms with Crippen molar-refractivity contribution in [1.29, 1.82) is 0 Å². The fourth-order valence-corrected chi connectivity index (χ4v) is 2.13. The molecule has 84 valence electrons. The summed E-state index contributed by atoms with van der Waals surface area (Å²) >= 11 is 1.77. The van der Waals surface area contributed by atoms with Crippen molar-refractivity contribution in [3.63, 3.8) is 0 Å². The topological polar surface area (TPSA) is 51.8 Å². The molecule has 1 aromatic heterocycles. The van der Waals surface area contributed by atoms with Gasteiger partial charge in [0.2, 0.25) is 0 Å². The molecule has 1 atom stereocenters. The molecule has 2 N–H and O–H groups in total. The van der Waals surface area contributed by atoms with Crippen LogP contribution in [0.1, 0.15) is 33.0 Å². The minimum atomic E-state index is 0.577. The zero-order chi connectivity index (χ0) is 11.3. The Hall–Kier alpha value is -0.770. The third-order valence-electron chi connectivity index (χ3n) is 2.30. The molecule has 0 bridgehead atoms. The minimum absolute atomic E-state index is 0.577. The van der Waals surface area contributed by atoms with Crippen molar-refractivity contribution in [2.75, 3.05) is 11.5 Å². The van der Waals surface area contributed by atoms with Gasteiger partial charge in [-0.05, 0) is 5.92 Å². The molecule has 1 unspecified atom stereocenters. The zero-order valence-corrected chi connectivity index (χ0v) is 10.5. The average Bonchev–Trinajstić information content (AvgIpc) is 2.25. The number of rotatable bonds is 5. The molecule has 3 nitrogen and oxygen atoms in total. The Morgan fingerprint density at radius 1 is 1.40 bits per heavy atom. The molecule has 0 aromatic carbocycles. The van der Waals surface area contributed by atoms with E-state index >= 15 is 0 Å². The van der Waals surface area contributed by atoms with Gasteiger partial charge in [-0.25, -0.2) is 9.97 Å². The molecule has 1 rings (SSSR count). The van der Waals surface area contributed by atoms with Gasteiger partial charge in [0, 0.05) is 18.2 Å². The van der Waals surface area contributed by atoms with Gasteiger partial charge in [-0.15, -0.1) is 11.8 Å². The summed E-state index contributed by atoms with van der Waals surface area (Å²) in [5, 5.41) is 1.000. The van der Waals surface area contributed by atoms with Crippen LogP contribution in [-0.4, -0.2) is 15.7 Å². The van der Waals surface area contributed by atoms with Gasteiger partial charge in [-0.2, -0.15) is 0 Å². The number of aryl methyl sites for hydroxylation is 1. The third-order valence-corrected chi connectivity index (χ3v) is 3.54. The van der Waals surface area contributed by atoms with Crippen molar-refractivity contribution in [1.82, 2.24) is 9.97 Å². The summed E-state index contributed by atoms with van der Waals surface area (Å²) in [6, 6.07) is 1.85. The number of hydrogen-bond donors (Lipinski definition) is 1. The van der Waals surface area contributed by atoms with Crippen molar-refractivity contribution in [3.8, 4) is 0 Å². The second-order valence-corrected chi connectivity index (χ2v) is 4.77. The normalized spacial score (nSPS) is 12.7. The molecule has 0 saturated carbocycles. The Kier molecular flexibility index (Phi) is 4.88. The van der Waals surface area contributed by atoms with E-state index in [-0.39, 0.29) is 0 Å². The van der Waals surface area contributed by atoms with Crippen molar-refractivity contribution in [3.05, 3.63) is 11.9 Å². The largest absolute Gasteiger partial charge is 0.384 e. The van der Waals surface area contributed by atoms with Crippen LogP contribution in [0.5, 0.6) is 0 Å². The lowest BCUT2D eigenvalue weighted by molar-refractivity contribution is 0.636. The fourth-order valence-electron chi connectivity index (χ4n) is 1.07. The molecular formula is C11H19N3S. The lowest BCUT2D eigenvalue weighted by Gasteiger charge is -2.08. The summed E-state index contributed by atoms with van der Waals surface area (Å²) < 4.78 is 0. The molecule has 1 aromatic rings. The highest BCUT2D eigenvalue weighted by atomic mass is 32.2. The SMILES string of the molecule is CCc1nc(N)cc(SCC(C)CC)n1. The second kappa shape index (κ2) is 5.95. The first-order valence-electron chi connectivity index (χ1n) is 5.41. The molecule has 0 fully saturated rings. The quantitative estimate of drug-likeness (QED) is 0.618. The first-order valence-corrected chi connectivity index (χ1v) is 6.40. The number of nitrogen functional groups attached to an aromatic ring is 1. The molecule has 15 heavy (non-hydrogen) atoms. The number of nitrogens with two attached hydrogens (primary N) is 1. The average molecular weight is 225 g/mol. The highest BCUT2D eigenvalue weighted by molar-refractivity contribution is 7.99. The van der Waals surface area contributed by atoms with Gasteiger partial charge < -0.3 is 5.73 Å². The molecule has 0 aliphatic carbocycles. The van der Waals surface area contributed by atoms with E-state index < -0.39 is 0 Å². The van der Waals surface area contributed by atoms with Gasteiger partial charge in [0.15, 0.2) is 0 Å². The highest BCUT2D eigenvalue weighted by Crippen LogP contribution is 2.21. The lowest BCUT2D eigenvalue weighted by Crippen LogP contribution is -2.01. The van der Waals surface area contributed by atoms with Crippen LogP contribution in [0.4, 0.5) is 5.82 Å². The Morgan fingerprint density at radius 2 is 2.13 bits per heavy atom. The van der Waals surface area contributed by atoms with Crippen molar-refractivity contribution >= 4 is 17.6 Å². The molecule has 0 aliphatic rings. The maximum atomic E-state index is 5.71. The Bertz CT molecular complexity index is 315. The van der Waals surface area contributed by atoms with Crippen molar-refractivity contribution in [2.24, 2.45) is 5.92 Å². The number of anilines is 1. The maximum Gasteiger partial charge on any atom is 0.131 e. The van der Waals surface area contributed by atoms with Crippen LogP contribution in [0.15, 0.2) is 11.1 Å². The van der Waals surface area contributed by atoms with Gasteiger partial charge in [-0.3, -0.25) is 0 Å². The van der Waals surface area contributed by atoms with Crippen LogP contribution in [0.2, 0.25) is 0 Å². The van der Waals surface area contributed by atoms with E-state index in [0.717, 1.165) is 28.9 Å². The second-order valence-electron chi connectivity index (χ2n) is 3.73. The number of nitrogens with zero attached hydrogens (tertiary/aromatic N) is 2. The number of aromatic nitrogens is 2. The molecule has 0 radical (unpaired) electrons. The number of thioether (sulfide) groups is 1. The van der Waals surface area contributed by atoms with Crippen LogP contribution in [-0.2, 0) is 6.42 Å². The fraction of sp³-hybridized carbons (Fsp3) is 0.636. The van der Waals surface area contributed by atoms with Crippen LogP contribution in [0, 0.1) is 5.92 Å². The first kappa shape index (κ1) is 12.3. The van der Waals surface area contributed by atoms with E-state index in [2.05, 4.69) is 23.8 Å². The predicted molar refractivity (Wildman–Crippen MR) is 66.0 cm³/mol. The van der Waals surface area contributed by atoms with E-state index in [9.17, 15) is 0 Å². The third kappa shape index (κ3) is 4.08. The molecule has 4 heteroatoms.